The predicted molar refractivity (Wildman–Crippen MR) is 156 cm³/mol. The Bertz CT molecular complexity index is 866. The minimum absolute atomic E-state index is 0.00278. The zero-order valence-electron chi connectivity index (χ0n) is 25.7. The molecule has 12 N–H and O–H groups in total. The van der Waals surface area contributed by atoms with Gasteiger partial charge in [-0.15, -0.1) is 0 Å². The Kier molecular flexibility index (Phi) is 27.9. The lowest BCUT2D eigenvalue weighted by atomic mass is 10.4. The lowest BCUT2D eigenvalue weighted by molar-refractivity contribution is -0.145. The summed E-state index contributed by atoms with van der Waals surface area (Å²) in [5.41, 5.74) is 5.06. The molecule has 0 atom stereocenters. The van der Waals surface area contributed by atoms with E-state index in [4.69, 9.17) is 51.7 Å². The van der Waals surface area contributed by atoms with Crippen LogP contribution < -0.4 is 11.1 Å². The lowest BCUT2D eigenvalue weighted by Gasteiger charge is -2.23. The summed E-state index contributed by atoms with van der Waals surface area (Å²) in [5, 5.41) is 79.6. The average molecular weight is 703 g/mol. The molecule has 0 saturated heterocycles. The number of carbonyl (C=O) groups is 9. The second kappa shape index (κ2) is 28.2. The first-order valence-electron chi connectivity index (χ1n) is 13.4. The van der Waals surface area contributed by atoms with Crippen molar-refractivity contribution < 1.29 is 89.1 Å². The maximum Gasteiger partial charge on any atom is 0.317 e. The molecule has 24 nitrogen and oxygen atoms in total. The topological polar surface area (TPSA) is 387 Å². The molecular weight excluding hydrogens is 660 g/mol. The van der Waals surface area contributed by atoms with E-state index < -0.39 is 106 Å². The third-order valence-corrected chi connectivity index (χ3v) is 4.93. The van der Waals surface area contributed by atoms with Gasteiger partial charge < -0.3 is 57.0 Å². The van der Waals surface area contributed by atoms with E-state index >= 15 is 0 Å². The van der Waals surface area contributed by atoms with Gasteiger partial charge in [0.2, 0.25) is 0 Å². The van der Waals surface area contributed by atoms with E-state index in [2.05, 4.69) is 5.32 Å². The molecule has 0 saturated carbocycles. The molecule has 24 heteroatoms. The van der Waals surface area contributed by atoms with Crippen LogP contribution in [0, 0.1) is 0 Å². The lowest BCUT2D eigenvalue weighted by Crippen LogP contribution is -2.43. The minimum atomic E-state index is -1.23. The van der Waals surface area contributed by atoms with Crippen molar-refractivity contribution in [2.24, 2.45) is 5.73 Å². The van der Waals surface area contributed by atoms with Crippen LogP contribution in [0.25, 0.3) is 0 Å². The van der Waals surface area contributed by atoms with Gasteiger partial charge in [-0.1, -0.05) is 0 Å². The van der Waals surface area contributed by atoms with E-state index in [1.807, 2.05) is 0 Å². The third kappa shape index (κ3) is 37.2. The molecule has 0 fully saturated rings. The van der Waals surface area contributed by atoms with E-state index in [-0.39, 0.29) is 32.7 Å². The van der Waals surface area contributed by atoms with E-state index in [0.717, 1.165) is 19.6 Å². The van der Waals surface area contributed by atoms with Crippen molar-refractivity contribution in [2.45, 2.75) is 0 Å². The first-order valence-corrected chi connectivity index (χ1v) is 13.4. The van der Waals surface area contributed by atoms with Gasteiger partial charge in [-0.2, -0.15) is 0 Å². The summed E-state index contributed by atoms with van der Waals surface area (Å²) in [7, 11) is 0. The van der Waals surface area contributed by atoms with Crippen molar-refractivity contribution in [1.82, 2.24) is 24.9 Å². The number of hydrogen-bond donors (Lipinski definition) is 11. The zero-order chi connectivity index (χ0) is 37.8. The van der Waals surface area contributed by atoms with Crippen molar-refractivity contribution in [2.75, 3.05) is 98.2 Å². The molecule has 0 bridgehead atoms. The Morgan fingerprint density at radius 2 is 0.562 bits per heavy atom. The largest absolute Gasteiger partial charge is 0.480 e. The van der Waals surface area contributed by atoms with Crippen LogP contribution in [0.3, 0.4) is 0 Å². The summed E-state index contributed by atoms with van der Waals surface area (Å²) < 4.78 is 0. The molecule has 48 heavy (non-hydrogen) atoms. The molecule has 0 aromatic rings. The van der Waals surface area contributed by atoms with Crippen LogP contribution in [0.1, 0.15) is 0 Å². The van der Waals surface area contributed by atoms with Gasteiger partial charge in [0.15, 0.2) is 0 Å². The molecule has 0 unspecified atom stereocenters. The number of carboxylic acid groups (broad SMARTS) is 9. The minimum Gasteiger partial charge on any atom is -0.480 e. The fourth-order valence-electron chi connectivity index (χ4n) is 3.25. The monoisotopic (exact) mass is 702 g/mol. The first kappa shape index (κ1) is 47.4. The zero-order valence-corrected chi connectivity index (χ0v) is 25.7. The molecule has 0 aliphatic carbocycles. The number of nitrogens with zero attached hydrogens (tertiary/aromatic N) is 4. The Morgan fingerprint density at radius 1 is 0.375 bits per heavy atom. The fourth-order valence-corrected chi connectivity index (χ4v) is 3.25. The second-order valence-corrected chi connectivity index (χ2v) is 9.35. The summed E-state index contributed by atoms with van der Waals surface area (Å²) >= 11 is 0. The smallest absolute Gasteiger partial charge is 0.317 e. The van der Waals surface area contributed by atoms with Gasteiger partial charge in [-0.3, -0.25) is 62.8 Å². The van der Waals surface area contributed by atoms with Crippen LogP contribution in [0.4, 0.5) is 0 Å². The van der Waals surface area contributed by atoms with Gasteiger partial charge in [0.1, 0.15) is 0 Å². The standard InChI is InChI=1S/2C10H16N2O8.C4H10N2O2/c2*13-7(14)3-11(4-8(15)16)1-2-12(5-9(17)18)6-10(19)20;5-1-2-6-3-4(7)8/h2*1-6H2,(H,13,14)(H,15,16)(H,17,18)(H,19,20);6H,1-3,5H2,(H,7,8). The van der Waals surface area contributed by atoms with Crippen LogP contribution in [0.5, 0.6) is 0 Å². The average Bonchev–Trinajstić information content (AvgIpc) is 2.88. The number of nitrogens with one attached hydrogen (secondary N) is 1. The van der Waals surface area contributed by atoms with Crippen molar-refractivity contribution in [3.05, 3.63) is 0 Å². The summed E-state index contributed by atoms with van der Waals surface area (Å²) in [5.74, 6) is -10.7. The Balaban J connectivity index is -0.000000689. The quantitative estimate of drug-likeness (QED) is 0.0374. The highest BCUT2D eigenvalue weighted by atomic mass is 16.4. The Hall–Kier alpha value is -5.01. The first-order chi connectivity index (χ1) is 22.2. The van der Waals surface area contributed by atoms with Crippen LogP contribution in [-0.4, -0.2) is 217 Å². The van der Waals surface area contributed by atoms with Crippen LogP contribution >= 0.6 is 0 Å². The Labute approximate surface area is 272 Å². The van der Waals surface area contributed by atoms with Crippen LogP contribution in [-0.2, 0) is 43.2 Å². The van der Waals surface area contributed by atoms with Gasteiger partial charge in [0.05, 0.1) is 58.9 Å². The predicted octanol–water partition coefficient (Wildman–Crippen LogP) is -5.52. The number of rotatable bonds is 26. The highest BCUT2D eigenvalue weighted by Gasteiger charge is 2.19. The van der Waals surface area contributed by atoms with Crippen molar-refractivity contribution in [1.29, 1.82) is 0 Å². The van der Waals surface area contributed by atoms with Gasteiger partial charge >= 0.3 is 53.7 Å². The maximum atomic E-state index is 10.6. The Morgan fingerprint density at radius 3 is 0.688 bits per heavy atom. The normalized spacial score (nSPS) is 10.4. The third-order valence-electron chi connectivity index (χ3n) is 4.93. The molecule has 276 valence electrons. The van der Waals surface area contributed by atoms with Gasteiger partial charge in [-0.05, 0) is 0 Å². The summed E-state index contributed by atoms with van der Waals surface area (Å²) in [6.07, 6.45) is 0. The van der Waals surface area contributed by atoms with Crippen molar-refractivity contribution >= 4 is 53.7 Å². The summed E-state index contributed by atoms with van der Waals surface area (Å²) in [6, 6.07) is 0. The van der Waals surface area contributed by atoms with Gasteiger partial charge in [-0.25, -0.2) is 0 Å². The fraction of sp³-hybridized carbons (Fsp3) is 0.625. The number of carboxylic acids is 9. The van der Waals surface area contributed by atoms with E-state index in [0.29, 0.717) is 13.1 Å². The molecule has 0 spiro atoms. The second-order valence-electron chi connectivity index (χ2n) is 9.35. The molecule has 0 aliphatic heterocycles. The van der Waals surface area contributed by atoms with Crippen molar-refractivity contribution in [3.63, 3.8) is 0 Å². The number of nitrogens with two attached hydrogens (primary N) is 1. The number of aliphatic carboxylic acids is 9. The summed E-state index contributed by atoms with van der Waals surface area (Å²) in [4.78, 5) is 98.5. The van der Waals surface area contributed by atoms with Crippen LogP contribution in [0.2, 0.25) is 0 Å². The molecule has 0 amide bonds. The molecule has 0 aromatic heterocycles. The van der Waals surface area contributed by atoms with E-state index in [1.54, 1.807) is 0 Å². The molecule has 0 aliphatic rings. The summed E-state index contributed by atoms with van der Waals surface area (Å²) in [6.45, 7) is -3.46. The highest BCUT2D eigenvalue weighted by molar-refractivity contribution is 5.74. The van der Waals surface area contributed by atoms with E-state index in [9.17, 15) is 43.2 Å². The molecule has 0 aromatic carbocycles. The van der Waals surface area contributed by atoms with E-state index in [1.165, 1.54) is 0 Å². The maximum absolute atomic E-state index is 10.6. The van der Waals surface area contributed by atoms with Gasteiger partial charge in [0.25, 0.3) is 0 Å². The molecule has 0 heterocycles. The highest BCUT2D eigenvalue weighted by Crippen LogP contribution is 1.95. The molecular formula is C24H42N6O18. The SMILES string of the molecule is NCCNCC(=O)O.O=C(O)CN(CCN(CC(=O)O)CC(=O)O)CC(=O)O.O=C(O)CN(CCN(CC(=O)O)CC(=O)O)CC(=O)O. The van der Waals surface area contributed by atoms with Gasteiger partial charge in [0, 0.05) is 39.3 Å². The van der Waals surface area contributed by atoms with Crippen molar-refractivity contribution in [3.8, 4) is 0 Å². The number of hydrogen-bond acceptors (Lipinski definition) is 15. The van der Waals surface area contributed by atoms with Crippen LogP contribution in [0.15, 0.2) is 0 Å². The molecule has 0 rings (SSSR count). The molecule has 0 radical (unpaired) electrons.